The Kier molecular flexibility index (Phi) is 3.62. The topological polar surface area (TPSA) is 29.5 Å². The number of esters is 1. The van der Waals surface area contributed by atoms with Crippen molar-refractivity contribution in [3.8, 4) is 0 Å². The molecule has 1 fully saturated rings. The molecule has 1 aliphatic heterocycles. The van der Waals surface area contributed by atoms with Gasteiger partial charge >= 0.3 is 5.97 Å². The first-order valence-electron chi connectivity index (χ1n) is 7.39. The Balaban J connectivity index is 1.87. The maximum Gasteiger partial charge on any atom is 0.323 e. The molecule has 3 nitrogen and oxygen atoms in total. The molecule has 2 bridgehead atoms. The van der Waals surface area contributed by atoms with Gasteiger partial charge in [0.1, 0.15) is 6.04 Å². The van der Waals surface area contributed by atoms with E-state index in [1.807, 2.05) is 13.0 Å². The van der Waals surface area contributed by atoms with Crippen molar-refractivity contribution in [2.75, 3.05) is 6.61 Å². The molecular weight excluding hydrogens is 250 g/mol. The van der Waals surface area contributed by atoms with Gasteiger partial charge < -0.3 is 4.74 Å². The normalized spacial score (nSPS) is 29.6. The molecule has 1 aliphatic carbocycles. The van der Waals surface area contributed by atoms with E-state index in [0.29, 0.717) is 18.6 Å². The van der Waals surface area contributed by atoms with Gasteiger partial charge in [-0.15, -0.1) is 0 Å². The van der Waals surface area contributed by atoms with E-state index in [1.54, 1.807) is 0 Å². The number of nitrogens with zero attached hydrogens (tertiary/aromatic N) is 1. The average Bonchev–Trinajstić information content (AvgIpc) is 3.08. The van der Waals surface area contributed by atoms with E-state index in [4.69, 9.17) is 4.74 Å². The Bertz CT molecular complexity index is 511. The van der Waals surface area contributed by atoms with Crippen LogP contribution >= 0.6 is 0 Å². The molecule has 106 valence electrons. The third-order valence-electron chi connectivity index (χ3n) is 4.46. The molecule has 0 unspecified atom stereocenters. The van der Waals surface area contributed by atoms with E-state index in [0.717, 1.165) is 6.42 Å². The van der Waals surface area contributed by atoms with Gasteiger partial charge in [0, 0.05) is 18.0 Å². The molecule has 4 atom stereocenters. The number of hydrogen-bond acceptors (Lipinski definition) is 3. The summed E-state index contributed by atoms with van der Waals surface area (Å²) in [6.07, 6.45) is 5.46. The molecule has 3 heteroatoms. The first kappa shape index (κ1) is 13.4. The summed E-state index contributed by atoms with van der Waals surface area (Å²) in [7, 11) is 0. The summed E-state index contributed by atoms with van der Waals surface area (Å²) in [5.41, 5.74) is 1.25. The number of hydrogen-bond donors (Lipinski definition) is 0. The van der Waals surface area contributed by atoms with Gasteiger partial charge in [0.15, 0.2) is 0 Å². The predicted molar refractivity (Wildman–Crippen MR) is 78.2 cm³/mol. The number of carbonyl (C=O) groups excluding carboxylic acids is 1. The van der Waals surface area contributed by atoms with E-state index < -0.39 is 0 Å². The highest BCUT2D eigenvalue weighted by Gasteiger charge is 2.49. The smallest absolute Gasteiger partial charge is 0.323 e. The molecule has 1 heterocycles. The van der Waals surface area contributed by atoms with E-state index in [1.165, 1.54) is 5.56 Å². The Morgan fingerprint density at radius 3 is 2.80 bits per heavy atom. The summed E-state index contributed by atoms with van der Waals surface area (Å²) in [6, 6.07) is 10.8. The molecule has 1 aromatic carbocycles. The summed E-state index contributed by atoms with van der Waals surface area (Å²) < 4.78 is 5.28. The van der Waals surface area contributed by atoms with Crippen molar-refractivity contribution in [3.05, 3.63) is 48.0 Å². The van der Waals surface area contributed by atoms with Crippen molar-refractivity contribution >= 4 is 5.97 Å². The number of benzene rings is 1. The van der Waals surface area contributed by atoms with E-state index in [9.17, 15) is 4.79 Å². The largest absolute Gasteiger partial charge is 0.465 e. The number of fused-ring (bicyclic) bond motifs is 2. The van der Waals surface area contributed by atoms with E-state index in [-0.39, 0.29) is 18.1 Å². The molecule has 20 heavy (non-hydrogen) atoms. The average molecular weight is 271 g/mol. The summed E-state index contributed by atoms with van der Waals surface area (Å²) in [6.45, 7) is 4.49. The minimum Gasteiger partial charge on any atom is -0.465 e. The van der Waals surface area contributed by atoms with Crippen LogP contribution in [0.1, 0.15) is 31.9 Å². The van der Waals surface area contributed by atoms with Crippen molar-refractivity contribution in [2.24, 2.45) is 5.92 Å². The van der Waals surface area contributed by atoms with E-state index >= 15 is 0 Å². The Labute approximate surface area is 120 Å². The van der Waals surface area contributed by atoms with Crippen LogP contribution in [0.4, 0.5) is 0 Å². The Morgan fingerprint density at radius 2 is 2.10 bits per heavy atom. The number of ether oxygens (including phenoxy) is 1. The van der Waals surface area contributed by atoms with Crippen LogP contribution in [0, 0.1) is 5.92 Å². The zero-order chi connectivity index (χ0) is 14.1. The maximum atomic E-state index is 12.3. The lowest BCUT2D eigenvalue weighted by Gasteiger charge is -2.36. The van der Waals surface area contributed by atoms with Crippen LogP contribution in [0.15, 0.2) is 42.5 Å². The van der Waals surface area contributed by atoms with Gasteiger partial charge in [-0.05, 0) is 25.8 Å². The molecule has 0 spiro atoms. The number of likely N-dealkylation sites (tertiary alicyclic amines) is 1. The van der Waals surface area contributed by atoms with Gasteiger partial charge in [-0.3, -0.25) is 9.69 Å². The molecule has 0 saturated carbocycles. The van der Waals surface area contributed by atoms with Crippen molar-refractivity contribution < 1.29 is 9.53 Å². The van der Waals surface area contributed by atoms with Crippen molar-refractivity contribution in [1.82, 2.24) is 4.90 Å². The zero-order valence-electron chi connectivity index (χ0n) is 12.0. The lowest BCUT2D eigenvalue weighted by molar-refractivity contribution is -0.150. The van der Waals surface area contributed by atoms with Crippen LogP contribution in [0.3, 0.4) is 0 Å². The van der Waals surface area contributed by atoms with Crippen LogP contribution in [-0.4, -0.2) is 29.6 Å². The number of rotatable bonds is 4. The van der Waals surface area contributed by atoms with Gasteiger partial charge in [-0.2, -0.15) is 0 Å². The highest BCUT2D eigenvalue weighted by atomic mass is 16.5. The minimum absolute atomic E-state index is 0.0767. The monoisotopic (exact) mass is 271 g/mol. The summed E-state index contributed by atoms with van der Waals surface area (Å²) in [5.74, 6) is 0.234. The summed E-state index contributed by atoms with van der Waals surface area (Å²) in [4.78, 5) is 14.6. The molecule has 0 N–H and O–H groups in total. The fourth-order valence-electron chi connectivity index (χ4n) is 3.55. The van der Waals surface area contributed by atoms with Gasteiger partial charge in [0.05, 0.1) is 6.61 Å². The Morgan fingerprint density at radius 1 is 1.35 bits per heavy atom. The lowest BCUT2D eigenvalue weighted by Crippen LogP contribution is -2.46. The molecule has 0 aromatic heterocycles. The van der Waals surface area contributed by atoms with Crippen molar-refractivity contribution in [1.29, 1.82) is 0 Å². The van der Waals surface area contributed by atoms with Gasteiger partial charge in [0.2, 0.25) is 0 Å². The Hall–Kier alpha value is -1.61. The predicted octanol–water partition coefficient (Wildman–Crippen LogP) is 2.94. The molecule has 1 saturated heterocycles. The van der Waals surface area contributed by atoms with Crippen molar-refractivity contribution in [3.63, 3.8) is 0 Å². The molecule has 0 amide bonds. The fourth-order valence-corrected chi connectivity index (χ4v) is 3.55. The second-order valence-electron chi connectivity index (χ2n) is 5.58. The van der Waals surface area contributed by atoms with Crippen LogP contribution in [0.25, 0.3) is 0 Å². The molecule has 3 rings (SSSR count). The second kappa shape index (κ2) is 5.41. The van der Waals surface area contributed by atoms with Crippen LogP contribution < -0.4 is 0 Å². The van der Waals surface area contributed by atoms with Crippen LogP contribution in [-0.2, 0) is 9.53 Å². The SMILES string of the molecule is CCOC(=O)[C@@H]1[C@@H]2C=C[C@@H](C2)N1[C@H](C)c1ccccc1. The lowest BCUT2D eigenvalue weighted by atomic mass is 9.99. The summed E-state index contributed by atoms with van der Waals surface area (Å²) in [5, 5.41) is 0. The first-order valence-corrected chi connectivity index (χ1v) is 7.39. The third-order valence-corrected chi connectivity index (χ3v) is 4.46. The van der Waals surface area contributed by atoms with Crippen LogP contribution in [0.2, 0.25) is 0 Å². The zero-order valence-corrected chi connectivity index (χ0v) is 12.0. The van der Waals surface area contributed by atoms with Gasteiger partial charge in [-0.25, -0.2) is 0 Å². The molecule has 1 aromatic rings. The van der Waals surface area contributed by atoms with Gasteiger partial charge in [0.25, 0.3) is 0 Å². The number of carbonyl (C=O) groups is 1. The quantitative estimate of drug-likeness (QED) is 0.623. The van der Waals surface area contributed by atoms with E-state index in [2.05, 4.69) is 48.2 Å². The molecular formula is C17H21NO2. The fraction of sp³-hybridized carbons (Fsp3) is 0.471. The highest BCUT2D eigenvalue weighted by Crippen LogP contribution is 2.42. The molecule has 2 aliphatic rings. The van der Waals surface area contributed by atoms with Crippen molar-refractivity contribution in [2.45, 2.75) is 38.4 Å². The highest BCUT2D eigenvalue weighted by molar-refractivity contribution is 5.77. The van der Waals surface area contributed by atoms with Crippen LogP contribution in [0.5, 0.6) is 0 Å². The molecule has 0 radical (unpaired) electrons. The third kappa shape index (κ3) is 2.16. The minimum atomic E-state index is -0.125. The standard InChI is InChI=1S/C17H21NO2/c1-3-20-17(19)16-14-9-10-15(11-14)18(16)12(2)13-7-5-4-6-8-13/h4-10,12,14-16H,3,11H2,1-2H3/t12-,14-,15+,16+/m1/s1. The summed E-state index contributed by atoms with van der Waals surface area (Å²) >= 11 is 0. The second-order valence-corrected chi connectivity index (χ2v) is 5.58. The first-order chi connectivity index (χ1) is 9.72. The van der Waals surface area contributed by atoms with Gasteiger partial charge in [-0.1, -0.05) is 42.5 Å². The maximum absolute atomic E-state index is 12.3.